The number of nitrogens with one attached hydrogen (secondary N) is 1. The minimum absolute atomic E-state index is 0. The van der Waals surface area contributed by atoms with Crippen molar-refractivity contribution in [2.45, 2.75) is 34.1 Å². The van der Waals surface area contributed by atoms with Crippen molar-refractivity contribution in [1.82, 2.24) is 5.32 Å². The Kier molecular flexibility index (Phi) is 3.57. The standard InChI is InChI=1S/C11H23N.H2/c1-8(2)10-5-11(9(3)4)7-12-6-10;/h8-12H,5-7H2,1-4H3;1H. The first-order chi connectivity index (χ1) is 5.61. The van der Waals surface area contributed by atoms with E-state index >= 15 is 0 Å². The highest BCUT2D eigenvalue weighted by atomic mass is 14.9. The van der Waals surface area contributed by atoms with Gasteiger partial charge in [0.05, 0.1) is 0 Å². The molecule has 1 heterocycles. The highest BCUT2D eigenvalue weighted by molar-refractivity contribution is 4.79. The average Bonchev–Trinajstić information content (AvgIpc) is 2.04. The quantitative estimate of drug-likeness (QED) is 0.673. The minimum Gasteiger partial charge on any atom is -0.316 e. The van der Waals surface area contributed by atoms with E-state index in [0.717, 1.165) is 23.7 Å². The lowest BCUT2D eigenvalue weighted by Crippen LogP contribution is -2.40. The average molecular weight is 171 g/mol. The highest BCUT2D eigenvalue weighted by Gasteiger charge is 2.25. The number of hydrogen-bond donors (Lipinski definition) is 1. The van der Waals surface area contributed by atoms with E-state index in [2.05, 4.69) is 33.0 Å². The van der Waals surface area contributed by atoms with Crippen molar-refractivity contribution in [2.75, 3.05) is 13.1 Å². The van der Waals surface area contributed by atoms with Gasteiger partial charge in [-0.3, -0.25) is 0 Å². The molecule has 1 saturated heterocycles. The third-order valence-electron chi connectivity index (χ3n) is 3.30. The summed E-state index contributed by atoms with van der Waals surface area (Å²) >= 11 is 0. The fourth-order valence-corrected chi connectivity index (χ4v) is 2.03. The fraction of sp³-hybridized carbons (Fsp3) is 1.00. The first-order valence-electron chi connectivity index (χ1n) is 5.32. The molecule has 1 rings (SSSR count). The zero-order chi connectivity index (χ0) is 9.14. The van der Waals surface area contributed by atoms with Crippen molar-refractivity contribution in [2.24, 2.45) is 23.7 Å². The zero-order valence-electron chi connectivity index (χ0n) is 8.93. The molecule has 0 aromatic heterocycles. The largest absolute Gasteiger partial charge is 0.316 e. The third-order valence-corrected chi connectivity index (χ3v) is 3.30. The van der Waals surface area contributed by atoms with Crippen LogP contribution in [0.1, 0.15) is 35.5 Å². The maximum Gasteiger partial charge on any atom is 0 e. The molecule has 2 atom stereocenters. The zero-order valence-corrected chi connectivity index (χ0v) is 8.93. The van der Waals surface area contributed by atoms with Gasteiger partial charge in [0.25, 0.3) is 0 Å². The molecule has 0 aromatic rings. The monoisotopic (exact) mass is 171 g/mol. The van der Waals surface area contributed by atoms with E-state index in [0.29, 0.717) is 0 Å². The van der Waals surface area contributed by atoms with Crippen LogP contribution in [-0.4, -0.2) is 13.1 Å². The second kappa shape index (κ2) is 4.27. The van der Waals surface area contributed by atoms with Crippen LogP contribution < -0.4 is 5.32 Å². The molecule has 12 heavy (non-hydrogen) atoms. The predicted octanol–water partition coefficient (Wildman–Crippen LogP) is 2.77. The Morgan fingerprint density at radius 2 is 1.42 bits per heavy atom. The normalized spacial score (nSPS) is 31.5. The maximum atomic E-state index is 3.55. The first kappa shape index (κ1) is 10.0. The maximum absolute atomic E-state index is 3.55. The van der Waals surface area contributed by atoms with Crippen LogP contribution in [0.25, 0.3) is 0 Å². The van der Waals surface area contributed by atoms with E-state index in [4.69, 9.17) is 0 Å². The second-order valence-corrected chi connectivity index (χ2v) is 4.90. The van der Waals surface area contributed by atoms with Crippen LogP contribution in [0.3, 0.4) is 0 Å². The molecule has 0 saturated carbocycles. The van der Waals surface area contributed by atoms with Crippen LogP contribution in [-0.2, 0) is 0 Å². The predicted molar refractivity (Wildman–Crippen MR) is 56.3 cm³/mol. The molecule has 1 aliphatic heterocycles. The Morgan fingerprint density at radius 1 is 1.00 bits per heavy atom. The Morgan fingerprint density at radius 3 is 1.75 bits per heavy atom. The van der Waals surface area contributed by atoms with Gasteiger partial charge in [-0.15, -0.1) is 0 Å². The minimum atomic E-state index is 0. The van der Waals surface area contributed by atoms with Crippen molar-refractivity contribution >= 4 is 0 Å². The number of hydrogen-bond acceptors (Lipinski definition) is 1. The van der Waals surface area contributed by atoms with Gasteiger partial charge >= 0.3 is 0 Å². The lowest BCUT2D eigenvalue weighted by Gasteiger charge is -2.34. The summed E-state index contributed by atoms with van der Waals surface area (Å²) in [6, 6.07) is 0. The molecule has 0 bridgehead atoms. The summed E-state index contributed by atoms with van der Waals surface area (Å²) in [5.41, 5.74) is 0. The van der Waals surface area contributed by atoms with E-state index in [1.165, 1.54) is 19.5 Å². The summed E-state index contributed by atoms with van der Waals surface area (Å²) < 4.78 is 0. The highest BCUT2D eigenvalue weighted by Crippen LogP contribution is 2.27. The molecule has 1 heteroatoms. The first-order valence-corrected chi connectivity index (χ1v) is 5.32. The van der Waals surface area contributed by atoms with Gasteiger partial charge in [-0.05, 0) is 43.2 Å². The molecule has 0 aliphatic carbocycles. The van der Waals surface area contributed by atoms with Gasteiger partial charge in [-0.25, -0.2) is 0 Å². The molecule has 0 aromatic carbocycles. The molecule has 0 radical (unpaired) electrons. The lowest BCUT2D eigenvalue weighted by molar-refractivity contribution is 0.195. The van der Waals surface area contributed by atoms with Crippen molar-refractivity contribution in [3.63, 3.8) is 0 Å². The van der Waals surface area contributed by atoms with Crippen molar-refractivity contribution in [3.8, 4) is 0 Å². The van der Waals surface area contributed by atoms with Crippen molar-refractivity contribution in [3.05, 3.63) is 0 Å². The van der Waals surface area contributed by atoms with E-state index in [1.807, 2.05) is 0 Å². The van der Waals surface area contributed by atoms with Crippen LogP contribution in [0.15, 0.2) is 0 Å². The Bertz CT molecular complexity index is 120. The lowest BCUT2D eigenvalue weighted by atomic mass is 9.79. The molecule has 1 nitrogen and oxygen atoms in total. The molecule has 1 aliphatic rings. The fourth-order valence-electron chi connectivity index (χ4n) is 2.03. The van der Waals surface area contributed by atoms with Crippen molar-refractivity contribution < 1.29 is 1.43 Å². The number of rotatable bonds is 2. The summed E-state index contributed by atoms with van der Waals surface area (Å²) in [6.07, 6.45) is 1.43. The van der Waals surface area contributed by atoms with Crippen LogP contribution in [0.5, 0.6) is 0 Å². The van der Waals surface area contributed by atoms with Crippen LogP contribution in [0, 0.1) is 23.7 Å². The summed E-state index contributed by atoms with van der Waals surface area (Å²) in [5.74, 6) is 3.51. The molecule has 0 amide bonds. The smallest absolute Gasteiger partial charge is 0 e. The van der Waals surface area contributed by atoms with Crippen LogP contribution in [0.2, 0.25) is 0 Å². The second-order valence-electron chi connectivity index (χ2n) is 4.90. The Balaban J connectivity index is 0.00000144. The van der Waals surface area contributed by atoms with Gasteiger partial charge in [0.1, 0.15) is 0 Å². The Labute approximate surface area is 78.4 Å². The SMILES string of the molecule is CC(C)C1CNCC(C(C)C)C1.[HH]. The van der Waals surface area contributed by atoms with E-state index in [-0.39, 0.29) is 1.43 Å². The molecule has 0 spiro atoms. The topological polar surface area (TPSA) is 12.0 Å². The van der Waals surface area contributed by atoms with Crippen molar-refractivity contribution in [1.29, 1.82) is 0 Å². The molecular weight excluding hydrogens is 146 g/mol. The van der Waals surface area contributed by atoms with Gasteiger partial charge in [0, 0.05) is 1.43 Å². The van der Waals surface area contributed by atoms with Gasteiger partial charge in [0.15, 0.2) is 0 Å². The molecule has 2 unspecified atom stereocenters. The summed E-state index contributed by atoms with van der Waals surface area (Å²) in [5, 5.41) is 3.55. The van der Waals surface area contributed by atoms with E-state index < -0.39 is 0 Å². The van der Waals surface area contributed by atoms with E-state index in [1.54, 1.807) is 0 Å². The molecule has 1 fully saturated rings. The summed E-state index contributed by atoms with van der Waals surface area (Å²) in [4.78, 5) is 0. The van der Waals surface area contributed by atoms with Gasteiger partial charge in [0.2, 0.25) is 0 Å². The van der Waals surface area contributed by atoms with E-state index in [9.17, 15) is 0 Å². The summed E-state index contributed by atoms with van der Waals surface area (Å²) in [6.45, 7) is 11.8. The number of piperidine rings is 1. The van der Waals surface area contributed by atoms with Gasteiger partial charge in [-0.1, -0.05) is 27.7 Å². The van der Waals surface area contributed by atoms with Gasteiger partial charge in [-0.2, -0.15) is 0 Å². The van der Waals surface area contributed by atoms with Crippen LogP contribution >= 0.6 is 0 Å². The van der Waals surface area contributed by atoms with Gasteiger partial charge < -0.3 is 5.32 Å². The molecular formula is C11H25N. The molecule has 1 N–H and O–H groups in total. The Hall–Kier alpha value is -0.0400. The molecule has 74 valence electrons. The summed E-state index contributed by atoms with van der Waals surface area (Å²) in [7, 11) is 0. The van der Waals surface area contributed by atoms with Crippen LogP contribution in [0.4, 0.5) is 0 Å². The third kappa shape index (κ3) is 2.48.